The number of benzene rings is 1. The Hall–Kier alpha value is -1.55. The second-order valence-corrected chi connectivity index (χ2v) is 5.13. The summed E-state index contributed by atoms with van der Waals surface area (Å²) in [5, 5.41) is 0. The van der Waals surface area contributed by atoms with E-state index in [2.05, 4.69) is 0 Å². The standard InChI is InChI=1S/C15H23NO3/c1-5-19-13-9-7-6-8-11(13)12(15(2,3)16)10-14(17)18-4/h6-9,12H,5,10,16H2,1-4H3. The molecule has 0 spiro atoms. The molecule has 1 unspecified atom stereocenters. The van der Waals surface area contributed by atoms with Gasteiger partial charge in [0.15, 0.2) is 0 Å². The molecule has 19 heavy (non-hydrogen) atoms. The number of carbonyl (C=O) groups is 1. The quantitative estimate of drug-likeness (QED) is 0.803. The summed E-state index contributed by atoms with van der Waals surface area (Å²) in [6.07, 6.45) is 0.240. The highest BCUT2D eigenvalue weighted by atomic mass is 16.5. The van der Waals surface area contributed by atoms with Crippen molar-refractivity contribution < 1.29 is 14.3 Å². The van der Waals surface area contributed by atoms with Crippen LogP contribution in [0.5, 0.6) is 5.75 Å². The van der Waals surface area contributed by atoms with E-state index in [4.69, 9.17) is 15.2 Å². The first-order chi connectivity index (χ1) is 8.90. The highest BCUT2D eigenvalue weighted by Gasteiger charge is 2.31. The molecule has 0 bridgehead atoms. The van der Waals surface area contributed by atoms with Gasteiger partial charge < -0.3 is 15.2 Å². The number of para-hydroxylation sites is 1. The third kappa shape index (κ3) is 4.24. The summed E-state index contributed by atoms with van der Waals surface area (Å²) < 4.78 is 10.4. The average molecular weight is 265 g/mol. The van der Waals surface area contributed by atoms with Gasteiger partial charge >= 0.3 is 5.97 Å². The Bertz CT molecular complexity index is 424. The van der Waals surface area contributed by atoms with E-state index < -0.39 is 5.54 Å². The van der Waals surface area contributed by atoms with Crippen molar-refractivity contribution in [1.29, 1.82) is 0 Å². The number of hydrogen-bond donors (Lipinski definition) is 1. The van der Waals surface area contributed by atoms with Crippen LogP contribution in [0.25, 0.3) is 0 Å². The summed E-state index contributed by atoms with van der Waals surface area (Å²) >= 11 is 0. The van der Waals surface area contributed by atoms with Crippen LogP contribution in [0.15, 0.2) is 24.3 Å². The molecule has 0 aliphatic rings. The van der Waals surface area contributed by atoms with Gasteiger partial charge in [-0.05, 0) is 32.4 Å². The minimum absolute atomic E-state index is 0.150. The largest absolute Gasteiger partial charge is 0.494 e. The smallest absolute Gasteiger partial charge is 0.306 e. The fraction of sp³-hybridized carbons (Fsp3) is 0.533. The van der Waals surface area contributed by atoms with Crippen molar-refractivity contribution in [3.8, 4) is 5.75 Å². The lowest BCUT2D eigenvalue weighted by molar-refractivity contribution is -0.141. The van der Waals surface area contributed by atoms with Crippen molar-refractivity contribution in [1.82, 2.24) is 0 Å². The Kier molecular flexibility index (Phi) is 5.36. The van der Waals surface area contributed by atoms with E-state index in [1.807, 2.05) is 45.0 Å². The van der Waals surface area contributed by atoms with Crippen LogP contribution in [-0.4, -0.2) is 25.2 Å². The van der Waals surface area contributed by atoms with Gasteiger partial charge in [-0.15, -0.1) is 0 Å². The Balaban J connectivity index is 3.14. The molecule has 0 saturated heterocycles. The molecule has 0 amide bonds. The lowest BCUT2D eigenvalue weighted by atomic mass is 9.80. The van der Waals surface area contributed by atoms with Gasteiger partial charge in [0.05, 0.1) is 20.1 Å². The van der Waals surface area contributed by atoms with Crippen LogP contribution >= 0.6 is 0 Å². The van der Waals surface area contributed by atoms with Crippen molar-refractivity contribution in [3.63, 3.8) is 0 Å². The minimum atomic E-state index is -0.540. The molecule has 0 saturated carbocycles. The van der Waals surface area contributed by atoms with E-state index in [1.54, 1.807) is 0 Å². The minimum Gasteiger partial charge on any atom is -0.494 e. The van der Waals surface area contributed by atoms with Crippen LogP contribution in [0.3, 0.4) is 0 Å². The maximum absolute atomic E-state index is 11.6. The maximum atomic E-state index is 11.6. The summed E-state index contributed by atoms with van der Waals surface area (Å²) in [4.78, 5) is 11.6. The Morgan fingerprint density at radius 3 is 2.53 bits per heavy atom. The number of hydrogen-bond acceptors (Lipinski definition) is 4. The first-order valence-electron chi connectivity index (χ1n) is 6.47. The van der Waals surface area contributed by atoms with E-state index in [0.717, 1.165) is 11.3 Å². The molecule has 0 radical (unpaired) electrons. The topological polar surface area (TPSA) is 61.5 Å². The van der Waals surface area contributed by atoms with Gasteiger partial charge in [-0.2, -0.15) is 0 Å². The van der Waals surface area contributed by atoms with Crippen LogP contribution in [0.1, 0.15) is 38.7 Å². The highest BCUT2D eigenvalue weighted by Crippen LogP contribution is 2.35. The van der Waals surface area contributed by atoms with E-state index in [0.29, 0.717) is 6.61 Å². The predicted octanol–water partition coefficient (Wildman–Crippen LogP) is 2.47. The fourth-order valence-corrected chi connectivity index (χ4v) is 2.08. The van der Waals surface area contributed by atoms with Gasteiger partial charge in [-0.1, -0.05) is 18.2 Å². The number of ether oxygens (including phenoxy) is 2. The Morgan fingerprint density at radius 1 is 1.37 bits per heavy atom. The first-order valence-corrected chi connectivity index (χ1v) is 6.47. The molecule has 0 aromatic heterocycles. The first kappa shape index (κ1) is 15.5. The van der Waals surface area contributed by atoms with Crippen molar-refractivity contribution in [2.24, 2.45) is 5.73 Å². The molecule has 0 aliphatic heterocycles. The van der Waals surface area contributed by atoms with Crippen molar-refractivity contribution in [2.45, 2.75) is 38.6 Å². The predicted molar refractivity (Wildman–Crippen MR) is 75.3 cm³/mol. The van der Waals surface area contributed by atoms with Gasteiger partial charge in [-0.25, -0.2) is 0 Å². The van der Waals surface area contributed by atoms with Gasteiger partial charge in [0.25, 0.3) is 0 Å². The third-order valence-electron chi connectivity index (χ3n) is 3.09. The highest BCUT2D eigenvalue weighted by molar-refractivity contribution is 5.71. The third-order valence-corrected chi connectivity index (χ3v) is 3.09. The Morgan fingerprint density at radius 2 is 2.00 bits per heavy atom. The molecule has 0 aliphatic carbocycles. The SMILES string of the molecule is CCOc1ccccc1C(CC(=O)OC)C(C)(C)N. The number of rotatable bonds is 6. The summed E-state index contributed by atoms with van der Waals surface area (Å²) in [5.41, 5.74) is 6.62. The molecule has 106 valence electrons. The van der Waals surface area contributed by atoms with E-state index >= 15 is 0 Å². The molecule has 1 atom stereocenters. The lowest BCUT2D eigenvalue weighted by Crippen LogP contribution is -2.40. The summed E-state index contributed by atoms with van der Waals surface area (Å²) in [7, 11) is 1.39. The molecule has 1 aromatic rings. The second kappa shape index (κ2) is 6.57. The maximum Gasteiger partial charge on any atom is 0.306 e. The fourth-order valence-electron chi connectivity index (χ4n) is 2.08. The van der Waals surface area contributed by atoms with Crippen LogP contribution in [0.4, 0.5) is 0 Å². The van der Waals surface area contributed by atoms with Gasteiger partial charge in [0, 0.05) is 11.5 Å². The normalized spacial score (nSPS) is 12.9. The number of esters is 1. The molecule has 0 heterocycles. The number of nitrogens with two attached hydrogens (primary N) is 1. The van der Waals surface area contributed by atoms with E-state index in [-0.39, 0.29) is 18.3 Å². The molecular weight excluding hydrogens is 242 g/mol. The zero-order valence-electron chi connectivity index (χ0n) is 12.1. The number of carbonyl (C=O) groups excluding carboxylic acids is 1. The second-order valence-electron chi connectivity index (χ2n) is 5.13. The van der Waals surface area contributed by atoms with Crippen LogP contribution in [0.2, 0.25) is 0 Å². The van der Waals surface area contributed by atoms with Crippen molar-refractivity contribution in [2.75, 3.05) is 13.7 Å². The van der Waals surface area contributed by atoms with Gasteiger partial charge in [-0.3, -0.25) is 4.79 Å². The summed E-state index contributed by atoms with van der Waals surface area (Å²) in [6, 6.07) is 7.68. The molecule has 1 rings (SSSR count). The monoisotopic (exact) mass is 265 g/mol. The van der Waals surface area contributed by atoms with E-state index in [9.17, 15) is 4.79 Å². The van der Waals surface area contributed by atoms with Crippen LogP contribution < -0.4 is 10.5 Å². The lowest BCUT2D eigenvalue weighted by Gasteiger charge is -2.31. The molecular formula is C15H23NO3. The Labute approximate surface area is 114 Å². The molecule has 2 N–H and O–H groups in total. The zero-order valence-corrected chi connectivity index (χ0v) is 12.1. The molecule has 4 heteroatoms. The van der Waals surface area contributed by atoms with Gasteiger partial charge in [0.2, 0.25) is 0 Å². The number of methoxy groups -OCH3 is 1. The molecule has 1 aromatic carbocycles. The molecule has 4 nitrogen and oxygen atoms in total. The van der Waals surface area contributed by atoms with Gasteiger partial charge in [0.1, 0.15) is 5.75 Å². The van der Waals surface area contributed by atoms with E-state index in [1.165, 1.54) is 7.11 Å². The summed E-state index contributed by atoms with van der Waals surface area (Å²) in [5.74, 6) is 0.356. The average Bonchev–Trinajstić information content (AvgIpc) is 2.35. The summed E-state index contributed by atoms with van der Waals surface area (Å²) in [6.45, 7) is 6.32. The molecule has 0 fully saturated rings. The van der Waals surface area contributed by atoms with Crippen molar-refractivity contribution >= 4 is 5.97 Å². The van der Waals surface area contributed by atoms with Crippen LogP contribution in [0, 0.1) is 0 Å². The zero-order chi connectivity index (χ0) is 14.5. The van der Waals surface area contributed by atoms with Crippen molar-refractivity contribution in [3.05, 3.63) is 29.8 Å². The van der Waals surface area contributed by atoms with Crippen LogP contribution in [-0.2, 0) is 9.53 Å².